The second-order valence-electron chi connectivity index (χ2n) is 16.5. The number of fused-ring (bicyclic) bond motifs is 2. The molecule has 0 aromatic rings. The van der Waals surface area contributed by atoms with E-state index >= 15 is 0 Å². The van der Waals surface area contributed by atoms with Crippen LogP contribution in [0.1, 0.15) is 108 Å². The molecule has 2 bridgehead atoms. The summed E-state index contributed by atoms with van der Waals surface area (Å²) in [5.74, 6) is 0.275. The number of aliphatic hydroxyl groups excluding tert-OH is 2. The summed E-state index contributed by atoms with van der Waals surface area (Å²) in [6, 6.07) is -0.330. The van der Waals surface area contributed by atoms with Crippen molar-refractivity contribution in [3.8, 4) is 0 Å². The molecule has 0 spiro atoms. The highest BCUT2D eigenvalue weighted by Gasteiger charge is 2.53. The molecule has 4 aliphatic rings. The molecule has 9 nitrogen and oxygen atoms in total. The van der Waals surface area contributed by atoms with Crippen LogP contribution in [0.5, 0.6) is 0 Å². The van der Waals surface area contributed by atoms with Gasteiger partial charge in [-0.15, -0.1) is 0 Å². The minimum atomic E-state index is -1.08. The number of methoxy groups -OCH3 is 1. The first-order valence-corrected chi connectivity index (χ1v) is 18.6. The molecule has 0 aliphatic carbocycles. The van der Waals surface area contributed by atoms with Crippen molar-refractivity contribution in [1.29, 1.82) is 0 Å². The predicted molar refractivity (Wildman–Crippen MR) is 184 cm³/mol. The Morgan fingerprint density at radius 2 is 1.60 bits per heavy atom. The molecule has 2 N–H and O–H groups in total. The van der Waals surface area contributed by atoms with E-state index in [-0.39, 0.29) is 60.9 Å². The maximum atomic E-state index is 13.4. The van der Waals surface area contributed by atoms with Gasteiger partial charge in [-0.1, -0.05) is 34.6 Å². The number of ether oxygens (including phenoxy) is 6. The van der Waals surface area contributed by atoms with Crippen molar-refractivity contribution in [2.75, 3.05) is 27.4 Å². The minimum Gasteiger partial charge on any atom is -0.386 e. The molecule has 4 aliphatic heterocycles. The van der Waals surface area contributed by atoms with Crippen LogP contribution in [0.25, 0.3) is 0 Å². The van der Waals surface area contributed by atoms with E-state index in [1.807, 2.05) is 25.8 Å². The summed E-state index contributed by atoms with van der Waals surface area (Å²) in [6.45, 7) is 20.9. The number of aliphatic hydroxyl groups is 2. The number of hydrogen-bond donors (Lipinski definition) is 2. The molecule has 4 rings (SSSR count). The van der Waals surface area contributed by atoms with Gasteiger partial charge in [0, 0.05) is 38.5 Å². The van der Waals surface area contributed by atoms with Crippen LogP contribution in [0, 0.1) is 23.7 Å². The van der Waals surface area contributed by atoms with E-state index < -0.39 is 48.6 Å². The van der Waals surface area contributed by atoms with Gasteiger partial charge in [-0.3, -0.25) is 4.90 Å². The van der Waals surface area contributed by atoms with Crippen molar-refractivity contribution in [2.45, 2.75) is 180 Å². The lowest BCUT2D eigenvalue weighted by molar-refractivity contribution is -0.284. The fraction of sp³-hybridized carbons (Fsp3) is 0.947. The third kappa shape index (κ3) is 8.67. The number of hydrogen-bond acceptors (Lipinski definition) is 9. The lowest BCUT2D eigenvalue weighted by Gasteiger charge is -2.47. The fourth-order valence-electron chi connectivity index (χ4n) is 9.62. The third-order valence-corrected chi connectivity index (χ3v) is 12.1. The van der Waals surface area contributed by atoms with Gasteiger partial charge in [0.1, 0.15) is 18.9 Å². The Morgan fingerprint density at radius 3 is 2.23 bits per heavy atom. The van der Waals surface area contributed by atoms with E-state index in [2.05, 4.69) is 55.4 Å². The molecule has 0 aromatic heterocycles. The molecule has 48 heavy (non-hydrogen) atoms. The van der Waals surface area contributed by atoms with E-state index in [0.29, 0.717) is 12.8 Å². The molecule has 3 fully saturated rings. The Kier molecular flexibility index (Phi) is 13.6. The number of likely N-dealkylation sites (N-methyl/N-ethyl adjacent to an activating group) is 1. The van der Waals surface area contributed by atoms with Crippen LogP contribution < -0.4 is 0 Å². The minimum absolute atomic E-state index is 0.0114. The Morgan fingerprint density at radius 1 is 0.917 bits per heavy atom. The molecule has 0 saturated carbocycles. The van der Waals surface area contributed by atoms with Crippen LogP contribution in [-0.2, 0) is 28.4 Å². The Balaban J connectivity index is 1.88. The van der Waals surface area contributed by atoms with E-state index in [1.165, 1.54) is 0 Å². The molecule has 280 valence electrons. The largest absolute Gasteiger partial charge is 0.386 e. The average Bonchev–Trinajstić information content (AvgIpc) is 3.33. The van der Waals surface area contributed by atoms with Crippen molar-refractivity contribution < 1.29 is 43.0 Å². The van der Waals surface area contributed by atoms with Gasteiger partial charge in [-0.05, 0) is 96.2 Å². The van der Waals surface area contributed by atoms with Crippen LogP contribution in [0.3, 0.4) is 0 Å². The zero-order valence-electron chi connectivity index (χ0n) is 31.9. The van der Waals surface area contributed by atoms with E-state index in [0.717, 1.165) is 36.8 Å². The first-order chi connectivity index (χ1) is 22.5. The van der Waals surface area contributed by atoms with Gasteiger partial charge in [0.25, 0.3) is 0 Å². The summed E-state index contributed by atoms with van der Waals surface area (Å²) in [5, 5.41) is 23.6. The second kappa shape index (κ2) is 16.3. The molecule has 0 amide bonds. The smallest absolute Gasteiger partial charge is 0.186 e. The summed E-state index contributed by atoms with van der Waals surface area (Å²) >= 11 is 0. The van der Waals surface area contributed by atoms with Gasteiger partial charge in [-0.2, -0.15) is 0 Å². The molecule has 3 unspecified atom stereocenters. The van der Waals surface area contributed by atoms with Crippen LogP contribution in [-0.4, -0.2) is 115 Å². The quantitative estimate of drug-likeness (QED) is 0.297. The monoisotopic (exact) mass is 685 g/mol. The van der Waals surface area contributed by atoms with Crippen molar-refractivity contribution in [2.24, 2.45) is 23.7 Å². The van der Waals surface area contributed by atoms with E-state index in [9.17, 15) is 14.6 Å². The van der Waals surface area contributed by atoms with Gasteiger partial charge in [0.2, 0.25) is 0 Å². The molecule has 16 atom stereocenters. The lowest BCUT2D eigenvalue weighted by atomic mass is 9.77. The molecule has 3 saturated heterocycles. The first kappa shape index (κ1) is 40.1. The molecule has 0 radical (unpaired) electrons. The molecule has 4 heterocycles. The normalized spacial score (nSPS) is 49.8. The first-order valence-electron chi connectivity index (χ1n) is 18.6. The zero-order chi connectivity index (χ0) is 35.7. The van der Waals surface area contributed by atoms with Gasteiger partial charge >= 0.3 is 0 Å². The zero-order valence-corrected chi connectivity index (χ0v) is 31.9. The van der Waals surface area contributed by atoms with Gasteiger partial charge in [0.15, 0.2) is 12.6 Å². The highest BCUT2D eigenvalue weighted by atomic mass is 19.1. The molecule has 0 aromatic carbocycles. The standard InChI is InChI=1S/C38H68FNO8/c1-13-29-21(2)16-22(3)33-23(4)18-38(10,48-33)34(47-36-32(41)28(17-24(5)45-36)40(11)15-14-39)26(7)31(27(8)35(42)46-29)30-20-37(9,43-12)19-25(6)44-30/h21-25,27-30,32-36,41-42H,13-20H2,1-12H3/b31-26+/t21-,22-,23-,24-,25+,27-,28+,29-,30?,32-,33+,34?,35?,36+,37+,38-/m1/s1. The van der Waals surface area contributed by atoms with Crippen LogP contribution in [0.4, 0.5) is 4.39 Å². The van der Waals surface area contributed by atoms with Crippen molar-refractivity contribution in [3.05, 3.63) is 11.1 Å². The average molecular weight is 686 g/mol. The number of nitrogens with zero attached hydrogens (tertiary/aromatic N) is 1. The second-order valence-corrected chi connectivity index (χ2v) is 16.5. The van der Waals surface area contributed by atoms with Gasteiger partial charge < -0.3 is 38.6 Å². The lowest BCUT2D eigenvalue weighted by Crippen LogP contribution is -2.58. The summed E-state index contributed by atoms with van der Waals surface area (Å²) in [5.41, 5.74) is 0.598. The highest BCUT2D eigenvalue weighted by Crippen LogP contribution is 2.48. The summed E-state index contributed by atoms with van der Waals surface area (Å²) in [7, 11) is 3.58. The van der Waals surface area contributed by atoms with Crippen molar-refractivity contribution in [1.82, 2.24) is 4.90 Å². The third-order valence-electron chi connectivity index (χ3n) is 12.1. The van der Waals surface area contributed by atoms with E-state index in [4.69, 9.17) is 28.4 Å². The van der Waals surface area contributed by atoms with Crippen molar-refractivity contribution in [3.63, 3.8) is 0 Å². The predicted octanol–water partition coefficient (Wildman–Crippen LogP) is 6.04. The highest BCUT2D eigenvalue weighted by molar-refractivity contribution is 5.28. The summed E-state index contributed by atoms with van der Waals surface area (Å²) in [4.78, 5) is 1.86. The van der Waals surface area contributed by atoms with Gasteiger partial charge in [0.05, 0.1) is 41.7 Å². The number of alkyl halides is 1. The maximum Gasteiger partial charge on any atom is 0.186 e. The Hall–Kier alpha value is -0.690. The van der Waals surface area contributed by atoms with E-state index in [1.54, 1.807) is 7.11 Å². The van der Waals surface area contributed by atoms with Crippen LogP contribution >= 0.6 is 0 Å². The Labute approximate surface area is 290 Å². The van der Waals surface area contributed by atoms with Crippen molar-refractivity contribution >= 4 is 0 Å². The Bertz CT molecular complexity index is 1080. The maximum absolute atomic E-state index is 13.4. The topological polar surface area (TPSA) is 99.1 Å². The van der Waals surface area contributed by atoms with Crippen LogP contribution in [0.2, 0.25) is 0 Å². The molecular formula is C38H68FNO8. The fourth-order valence-corrected chi connectivity index (χ4v) is 9.62. The molecular weight excluding hydrogens is 617 g/mol. The number of rotatable bonds is 8. The van der Waals surface area contributed by atoms with Crippen LogP contribution in [0.15, 0.2) is 11.1 Å². The SMILES string of the molecule is CC[C@H]1OC(O)[C@H](C)/C(C2C[C@@](C)(OC)C[C@H](C)O2)=C(/C)C(O[C@@H]2O[C@H](C)C[C@H](N(C)CCF)[C@H]2O)[C@@]2(C)C[C@@H](C)[C@@H](O2)[C@H](C)C[C@H]1C. The molecule has 10 heteroatoms. The van der Waals surface area contributed by atoms with Gasteiger partial charge in [-0.25, -0.2) is 4.39 Å². The summed E-state index contributed by atoms with van der Waals surface area (Å²) < 4.78 is 53.2. The summed E-state index contributed by atoms with van der Waals surface area (Å²) in [6.07, 6.45) is -0.150. The number of halogens is 1.